The van der Waals surface area contributed by atoms with E-state index < -0.39 is 0 Å². The van der Waals surface area contributed by atoms with Crippen LogP contribution in [0, 0.1) is 6.92 Å². The molecule has 0 saturated heterocycles. The number of anilines is 1. The number of nitrogens with zero attached hydrogens (tertiary/aromatic N) is 1. The Morgan fingerprint density at radius 2 is 1.76 bits per heavy atom. The van der Waals surface area contributed by atoms with Gasteiger partial charge in [0.1, 0.15) is 0 Å². The minimum atomic E-state index is 0.254. The Morgan fingerprint density at radius 3 is 2.33 bits per heavy atom. The highest BCUT2D eigenvalue weighted by Crippen LogP contribution is 2.32. The second-order valence-corrected chi connectivity index (χ2v) is 6.74. The topological polar surface area (TPSA) is 3.24 Å². The Labute approximate surface area is 145 Å². The van der Waals surface area contributed by atoms with Gasteiger partial charge in [-0.05, 0) is 78.2 Å². The van der Waals surface area contributed by atoms with Crippen molar-refractivity contribution in [2.75, 3.05) is 11.4 Å². The first kappa shape index (κ1) is 16.7. The molecule has 0 aliphatic carbocycles. The predicted octanol–water partition coefficient (Wildman–Crippen LogP) is 6.65. The molecule has 21 heavy (non-hydrogen) atoms. The van der Waals surface area contributed by atoms with E-state index in [1.165, 1.54) is 11.3 Å². The highest BCUT2D eigenvalue weighted by molar-refractivity contribution is 9.10. The van der Waals surface area contributed by atoms with Crippen LogP contribution in [0.15, 0.2) is 40.9 Å². The van der Waals surface area contributed by atoms with Gasteiger partial charge in [0, 0.05) is 21.7 Å². The molecule has 0 spiro atoms. The molecule has 1 atom stereocenters. The highest BCUT2D eigenvalue weighted by atomic mass is 79.9. The Kier molecular flexibility index (Phi) is 5.59. The van der Waals surface area contributed by atoms with Crippen molar-refractivity contribution in [3.8, 4) is 0 Å². The zero-order chi connectivity index (χ0) is 15.6. The average Bonchev–Trinajstić information content (AvgIpc) is 2.46. The van der Waals surface area contributed by atoms with E-state index in [4.69, 9.17) is 23.2 Å². The third-order valence-electron chi connectivity index (χ3n) is 3.71. The number of benzene rings is 2. The summed E-state index contributed by atoms with van der Waals surface area (Å²) in [6.07, 6.45) is 0. The molecule has 0 N–H and O–H groups in total. The van der Waals surface area contributed by atoms with Gasteiger partial charge in [0.2, 0.25) is 0 Å². The summed E-state index contributed by atoms with van der Waals surface area (Å²) in [5, 5.41) is 1.54. The zero-order valence-corrected chi connectivity index (χ0v) is 15.4. The minimum Gasteiger partial charge on any atom is -0.365 e. The van der Waals surface area contributed by atoms with E-state index in [1.807, 2.05) is 19.1 Å². The fourth-order valence-corrected chi connectivity index (χ4v) is 3.07. The molecule has 0 radical (unpaired) electrons. The first-order valence-corrected chi connectivity index (χ1v) is 8.46. The van der Waals surface area contributed by atoms with Gasteiger partial charge in [0.05, 0.1) is 11.1 Å². The quantitative estimate of drug-likeness (QED) is 0.568. The maximum atomic E-state index is 6.12. The van der Waals surface area contributed by atoms with Crippen LogP contribution in [0.5, 0.6) is 0 Å². The molecule has 112 valence electrons. The molecular weight excluding hydrogens is 369 g/mol. The number of rotatable bonds is 4. The van der Waals surface area contributed by atoms with E-state index in [0.717, 1.165) is 26.6 Å². The van der Waals surface area contributed by atoms with Crippen LogP contribution in [0.1, 0.15) is 31.0 Å². The van der Waals surface area contributed by atoms with Gasteiger partial charge in [-0.2, -0.15) is 0 Å². The molecular formula is C17H18BrCl2N. The molecule has 0 saturated carbocycles. The Balaban J connectivity index is 2.35. The van der Waals surface area contributed by atoms with E-state index in [9.17, 15) is 0 Å². The fraction of sp³-hybridized carbons (Fsp3) is 0.294. The normalized spacial score (nSPS) is 12.3. The van der Waals surface area contributed by atoms with Gasteiger partial charge in [-0.25, -0.2) is 0 Å². The van der Waals surface area contributed by atoms with Crippen LogP contribution >= 0.6 is 39.1 Å². The van der Waals surface area contributed by atoms with Gasteiger partial charge in [-0.15, -0.1) is 0 Å². The Morgan fingerprint density at radius 1 is 1.10 bits per heavy atom. The lowest BCUT2D eigenvalue weighted by Gasteiger charge is -2.31. The zero-order valence-electron chi connectivity index (χ0n) is 12.3. The van der Waals surface area contributed by atoms with Gasteiger partial charge >= 0.3 is 0 Å². The summed E-state index contributed by atoms with van der Waals surface area (Å²) in [7, 11) is 0. The van der Waals surface area contributed by atoms with Crippen LogP contribution in [0.4, 0.5) is 5.69 Å². The molecule has 2 rings (SSSR count). The van der Waals surface area contributed by atoms with Crippen LogP contribution in [0.3, 0.4) is 0 Å². The molecule has 0 aliphatic heterocycles. The van der Waals surface area contributed by atoms with Crippen molar-refractivity contribution in [2.24, 2.45) is 0 Å². The lowest BCUT2D eigenvalue weighted by molar-refractivity contribution is 0.689. The summed E-state index contributed by atoms with van der Waals surface area (Å²) in [5.41, 5.74) is 3.50. The third-order valence-corrected chi connectivity index (χ3v) is 5.35. The SMILES string of the molecule is CCN(c1ccc(Cl)c(C)c1)C(C)c1ccc(Cl)c(Br)c1. The highest BCUT2D eigenvalue weighted by Gasteiger charge is 2.16. The number of hydrogen-bond acceptors (Lipinski definition) is 1. The molecule has 1 unspecified atom stereocenters. The second-order valence-electron chi connectivity index (χ2n) is 5.07. The molecule has 0 heterocycles. The van der Waals surface area contributed by atoms with Crippen LogP contribution in [0.25, 0.3) is 0 Å². The lowest BCUT2D eigenvalue weighted by atomic mass is 10.1. The molecule has 0 amide bonds. The van der Waals surface area contributed by atoms with Gasteiger partial charge in [0.15, 0.2) is 0 Å². The molecule has 1 nitrogen and oxygen atoms in total. The molecule has 4 heteroatoms. The largest absolute Gasteiger partial charge is 0.365 e. The summed E-state index contributed by atoms with van der Waals surface area (Å²) in [6, 6.07) is 12.5. The first-order valence-electron chi connectivity index (χ1n) is 6.91. The monoisotopic (exact) mass is 385 g/mol. The van der Waals surface area contributed by atoms with E-state index in [1.54, 1.807) is 0 Å². The van der Waals surface area contributed by atoms with Crippen LogP contribution in [-0.4, -0.2) is 6.54 Å². The fourth-order valence-electron chi connectivity index (χ4n) is 2.44. The van der Waals surface area contributed by atoms with Gasteiger partial charge < -0.3 is 4.90 Å². The van der Waals surface area contributed by atoms with Crippen LogP contribution in [0.2, 0.25) is 10.0 Å². The van der Waals surface area contributed by atoms with Crippen molar-refractivity contribution < 1.29 is 0 Å². The Bertz CT molecular complexity index is 643. The van der Waals surface area contributed by atoms with Crippen molar-refractivity contribution >= 4 is 44.8 Å². The molecule has 2 aromatic rings. The molecule has 0 aliphatic rings. The second kappa shape index (κ2) is 7.04. The number of aryl methyl sites for hydroxylation is 1. The van der Waals surface area contributed by atoms with E-state index in [-0.39, 0.29) is 6.04 Å². The van der Waals surface area contributed by atoms with Crippen molar-refractivity contribution in [1.82, 2.24) is 0 Å². The van der Waals surface area contributed by atoms with Crippen molar-refractivity contribution in [2.45, 2.75) is 26.8 Å². The van der Waals surface area contributed by atoms with Crippen LogP contribution < -0.4 is 4.90 Å². The van der Waals surface area contributed by atoms with Crippen molar-refractivity contribution in [3.05, 3.63) is 62.0 Å². The lowest BCUT2D eigenvalue weighted by Crippen LogP contribution is -2.26. The van der Waals surface area contributed by atoms with E-state index in [2.05, 4.69) is 58.9 Å². The smallest absolute Gasteiger partial charge is 0.0548 e. The van der Waals surface area contributed by atoms with Gasteiger partial charge in [-0.3, -0.25) is 0 Å². The predicted molar refractivity (Wildman–Crippen MR) is 96.8 cm³/mol. The van der Waals surface area contributed by atoms with Crippen LogP contribution in [-0.2, 0) is 0 Å². The van der Waals surface area contributed by atoms with Gasteiger partial charge in [0.25, 0.3) is 0 Å². The molecule has 2 aromatic carbocycles. The maximum absolute atomic E-state index is 6.12. The van der Waals surface area contributed by atoms with E-state index >= 15 is 0 Å². The standard InChI is InChI=1S/C17H18BrCl2N/c1-4-21(14-6-8-16(19)11(2)9-14)12(3)13-5-7-17(20)15(18)10-13/h5-10,12H,4H2,1-3H3. The number of halogens is 3. The summed E-state index contributed by atoms with van der Waals surface area (Å²) in [5.74, 6) is 0. The first-order chi connectivity index (χ1) is 9.93. The van der Waals surface area contributed by atoms with Crippen molar-refractivity contribution in [1.29, 1.82) is 0 Å². The maximum Gasteiger partial charge on any atom is 0.0548 e. The summed E-state index contributed by atoms with van der Waals surface area (Å²) in [4.78, 5) is 2.35. The third kappa shape index (κ3) is 3.74. The van der Waals surface area contributed by atoms with Crippen molar-refractivity contribution in [3.63, 3.8) is 0 Å². The molecule has 0 aromatic heterocycles. The van der Waals surface area contributed by atoms with E-state index in [0.29, 0.717) is 0 Å². The molecule has 0 fully saturated rings. The Hall–Kier alpha value is -0.700. The summed E-state index contributed by atoms with van der Waals surface area (Å²) in [6.45, 7) is 7.31. The minimum absolute atomic E-state index is 0.254. The molecule has 0 bridgehead atoms. The average molecular weight is 387 g/mol. The van der Waals surface area contributed by atoms with Gasteiger partial charge in [-0.1, -0.05) is 29.3 Å². The summed E-state index contributed by atoms with van der Waals surface area (Å²) < 4.78 is 0.928. The number of hydrogen-bond donors (Lipinski definition) is 0. The summed E-state index contributed by atoms with van der Waals surface area (Å²) >= 11 is 15.7.